The normalized spacial score (nSPS) is 31.8. The van der Waals surface area contributed by atoms with Gasteiger partial charge >= 0.3 is 29.6 Å². The predicted octanol–water partition coefficient (Wildman–Crippen LogP) is -2.15. The number of hydroxylamine groups is 2. The van der Waals surface area contributed by atoms with Crippen LogP contribution in [-0.4, -0.2) is 10.6 Å². The van der Waals surface area contributed by atoms with E-state index in [9.17, 15) is 5.21 Å². The summed E-state index contributed by atoms with van der Waals surface area (Å²) in [5.41, 5.74) is 0. The molecule has 0 bridgehead atoms. The third-order valence-corrected chi connectivity index (χ3v) is 1.19. The van der Waals surface area contributed by atoms with Gasteiger partial charge in [0.05, 0.1) is 12.7 Å². The molecule has 2 nitrogen and oxygen atoms in total. The minimum absolute atomic E-state index is 0. The number of allylic oxidation sites excluding steroid dienone is 2. The first-order valence-corrected chi connectivity index (χ1v) is 2.71. The molecule has 1 aliphatic heterocycles. The third-order valence-electron chi connectivity index (χ3n) is 0.920. The monoisotopic (exact) mass is 151 g/mol. The van der Waals surface area contributed by atoms with E-state index in [2.05, 4.69) is 12.8 Å². The summed E-state index contributed by atoms with van der Waals surface area (Å²) in [5.74, 6) is 0. The molecule has 0 radical (unpaired) electrons. The standard InChI is InChI=1S/C5H6NOS.Na/c7-6(8)4-2-1-3-5-6;/h1-4H,5H2;/q-1;+1. The summed E-state index contributed by atoms with van der Waals surface area (Å²) in [4.78, 5) is 0. The molecule has 0 aromatic rings. The van der Waals surface area contributed by atoms with Crippen molar-refractivity contribution in [3.63, 3.8) is 0 Å². The quantitative estimate of drug-likeness (QED) is 0.170. The molecule has 1 heterocycles. The molecule has 1 aliphatic rings. The molecule has 9 heavy (non-hydrogen) atoms. The topological polar surface area (TPSA) is 23.1 Å². The van der Waals surface area contributed by atoms with Crippen molar-refractivity contribution in [1.82, 2.24) is 0 Å². The predicted molar refractivity (Wildman–Crippen MR) is 34.1 cm³/mol. The molecule has 0 aromatic heterocycles. The van der Waals surface area contributed by atoms with Crippen molar-refractivity contribution in [2.45, 2.75) is 0 Å². The van der Waals surface area contributed by atoms with Crippen molar-refractivity contribution < 1.29 is 33.6 Å². The number of hydrogen-bond donors (Lipinski definition) is 0. The van der Waals surface area contributed by atoms with Gasteiger partial charge in [0.2, 0.25) is 0 Å². The summed E-state index contributed by atoms with van der Waals surface area (Å²) in [6.45, 7) is 0.381. The second kappa shape index (κ2) is 3.81. The van der Waals surface area contributed by atoms with E-state index in [0.717, 1.165) is 0 Å². The van der Waals surface area contributed by atoms with Crippen LogP contribution in [0, 0.1) is 5.21 Å². The molecule has 0 N–H and O–H groups in total. The van der Waals surface area contributed by atoms with Crippen LogP contribution in [0.4, 0.5) is 0 Å². The molecule has 4 heteroatoms. The summed E-state index contributed by atoms with van der Waals surface area (Å²) in [6, 6.07) is 0. The zero-order valence-corrected chi connectivity index (χ0v) is 8.10. The Bertz CT molecular complexity index is 144. The fraction of sp³-hybridized carbons (Fsp3) is 0.200. The maximum atomic E-state index is 10.7. The zero-order chi connectivity index (χ0) is 6.04. The summed E-state index contributed by atoms with van der Waals surface area (Å²) in [5, 5.41) is 10.7. The Morgan fingerprint density at radius 1 is 1.44 bits per heavy atom. The van der Waals surface area contributed by atoms with Crippen LogP contribution < -0.4 is 29.6 Å². The molecular weight excluding hydrogens is 145 g/mol. The Balaban J connectivity index is 0.000000640. The molecule has 0 aliphatic carbocycles. The van der Waals surface area contributed by atoms with Crippen molar-refractivity contribution in [2.24, 2.45) is 0 Å². The second-order valence-electron chi connectivity index (χ2n) is 1.68. The molecule has 0 fully saturated rings. The average Bonchev–Trinajstić information content (AvgIpc) is 1.65. The molecule has 0 aromatic carbocycles. The van der Waals surface area contributed by atoms with E-state index in [1.54, 1.807) is 12.2 Å². The van der Waals surface area contributed by atoms with Gasteiger partial charge in [-0.1, -0.05) is 6.08 Å². The van der Waals surface area contributed by atoms with E-state index in [0.29, 0.717) is 6.54 Å². The van der Waals surface area contributed by atoms with Gasteiger partial charge in [0.25, 0.3) is 0 Å². The first kappa shape index (κ1) is 9.75. The Hall–Kier alpha value is 0.750. The van der Waals surface area contributed by atoms with Crippen LogP contribution in [0.5, 0.6) is 0 Å². The van der Waals surface area contributed by atoms with Crippen molar-refractivity contribution in [3.05, 3.63) is 29.6 Å². The Labute approximate surface area is 82.2 Å². The molecule has 1 atom stereocenters. The molecular formula is C5H6NNaOS. The van der Waals surface area contributed by atoms with E-state index in [-0.39, 0.29) is 29.6 Å². The number of hydrogen-bond acceptors (Lipinski definition) is 2. The molecule has 1 rings (SSSR count). The van der Waals surface area contributed by atoms with Crippen LogP contribution in [0.1, 0.15) is 0 Å². The second-order valence-corrected chi connectivity index (χ2v) is 2.30. The first-order valence-electron chi connectivity index (χ1n) is 2.35. The molecule has 0 saturated heterocycles. The van der Waals surface area contributed by atoms with Crippen molar-refractivity contribution in [1.29, 1.82) is 0 Å². The number of rotatable bonds is 0. The van der Waals surface area contributed by atoms with Gasteiger partial charge in [0.15, 0.2) is 0 Å². The van der Waals surface area contributed by atoms with E-state index < -0.39 is 4.05 Å². The van der Waals surface area contributed by atoms with E-state index >= 15 is 0 Å². The SMILES string of the molecule is [Na+].[O-][N+]1([S-])C=CC=CC1. The van der Waals surface area contributed by atoms with Crippen molar-refractivity contribution >= 4 is 12.8 Å². The zero-order valence-electron chi connectivity index (χ0n) is 5.28. The molecule has 0 saturated carbocycles. The molecule has 1 unspecified atom stereocenters. The van der Waals surface area contributed by atoms with Crippen LogP contribution in [0.3, 0.4) is 0 Å². The minimum atomic E-state index is -0.684. The maximum absolute atomic E-state index is 10.7. The first-order chi connectivity index (χ1) is 3.71. The van der Waals surface area contributed by atoms with E-state index in [1.165, 1.54) is 6.20 Å². The number of quaternary nitrogens is 1. The maximum Gasteiger partial charge on any atom is 1.00 e. The fourth-order valence-electron chi connectivity index (χ4n) is 0.528. The van der Waals surface area contributed by atoms with Gasteiger partial charge in [0.1, 0.15) is 0 Å². The molecule has 0 amide bonds. The van der Waals surface area contributed by atoms with Crippen LogP contribution in [-0.2, 0) is 12.8 Å². The smallest absolute Gasteiger partial charge is 0.646 e. The van der Waals surface area contributed by atoms with Gasteiger partial charge in [-0.25, -0.2) is 0 Å². The minimum Gasteiger partial charge on any atom is -0.646 e. The summed E-state index contributed by atoms with van der Waals surface area (Å²) >= 11 is 4.54. The van der Waals surface area contributed by atoms with Gasteiger partial charge in [-0.2, -0.15) is 0 Å². The van der Waals surface area contributed by atoms with E-state index in [4.69, 9.17) is 0 Å². The summed E-state index contributed by atoms with van der Waals surface area (Å²) in [6.07, 6.45) is 6.69. The van der Waals surface area contributed by atoms with E-state index in [1.807, 2.05) is 6.08 Å². The summed E-state index contributed by atoms with van der Waals surface area (Å²) in [7, 11) is 0. The van der Waals surface area contributed by atoms with Crippen LogP contribution in [0.2, 0.25) is 0 Å². The largest absolute Gasteiger partial charge is 1.00 e. The van der Waals surface area contributed by atoms with Gasteiger partial charge in [-0.15, -0.1) is 0 Å². The van der Waals surface area contributed by atoms with Gasteiger partial charge in [0, 0.05) is 0 Å². The third kappa shape index (κ3) is 3.45. The van der Waals surface area contributed by atoms with Gasteiger partial charge < -0.3 is 22.1 Å². The Morgan fingerprint density at radius 3 is 2.33 bits per heavy atom. The number of nitrogens with zero attached hydrogens (tertiary/aromatic N) is 1. The summed E-state index contributed by atoms with van der Waals surface area (Å²) < 4.78 is -0.684. The van der Waals surface area contributed by atoms with Crippen LogP contribution in [0.25, 0.3) is 0 Å². The van der Waals surface area contributed by atoms with Crippen molar-refractivity contribution in [2.75, 3.05) is 6.54 Å². The average molecular weight is 151 g/mol. The van der Waals surface area contributed by atoms with Gasteiger partial charge in [-0.3, -0.25) is 0 Å². The van der Waals surface area contributed by atoms with Gasteiger partial charge in [-0.05, 0) is 12.2 Å². The Kier molecular flexibility index (Phi) is 4.12. The van der Waals surface area contributed by atoms with Crippen LogP contribution >= 0.6 is 0 Å². The van der Waals surface area contributed by atoms with Crippen molar-refractivity contribution in [3.8, 4) is 0 Å². The fourth-order valence-corrected chi connectivity index (χ4v) is 0.684. The van der Waals surface area contributed by atoms with Crippen LogP contribution in [0.15, 0.2) is 24.4 Å². The Morgan fingerprint density at radius 2 is 2.11 bits per heavy atom. The molecule has 0 spiro atoms. The molecule has 44 valence electrons.